The Kier molecular flexibility index (Phi) is 17.3. The number of carbonyl (C=O) groups excluding carboxylic acids is 1. The van der Waals surface area contributed by atoms with E-state index in [1.54, 1.807) is 65.8 Å². The van der Waals surface area contributed by atoms with E-state index in [2.05, 4.69) is 27.2 Å². The summed E-state index contributed by atoms with van der Waals surface area (Å²) < 4.78 is 43.1. The predicted molar refractivity (Wildman–Crippen MR) is 292 cm³/mol. The minimum Gasteiger partial charge on any atom is -0.495 e. The summed E-state index contributed by atoms with van der Waals surface area (Å²) in [6, 6.07) is 26.3. The second-order valence-electron chi connectivity index (χ2n) is 20.3. The molecule has 0 saturated carbocycles. The Morgan fingerprint density at radius 2 is 1.08 bits per heavy atom. The van der Waals surface area contributed by atoms with Gasteiger partial charge in [0.2, 0.25) is 0 Å². The van der Waals surface area contributed by atoms with E-state index >= 15 is 0 Å². The molecule has 0 spiro atoms. The first kappa shape index (κ1) is 53.6. The molecule has 0 aliphatic carbocycles. The number of likely N-dealkylation sites (tertiary alicyclic amines) is 2. The molecule has 4 aliphatic rings. The highest BCUT2D eigenvalue weighted by molar-refractivity contribution is 6.36. The summed E-state index contributed by atoms with van der Waals surface area (Å²) in [6.45, 7) is 15.3. The third-order valence-electron chi connectivity index (χ3n) is 14.2. The number of amides is 1. The number of carbonyl (C=O) groups is 1. The van der Waals surface area contributed by atoms with Crippen LogP contribution >= 0.6 is 23.2 Å². The molecule has 10 rings (SSSR count). The molecule has 4 aromatic carbocycles. The van der Waals surface area contributed by atoms with Crippen LogP contribution in [0.5, 0.6) is 34.5 Å². The van der Waals surface area contributed by atoms with E-state index in [4.69, 9.17) is 56.4 Å². The molecule has 6 heterocycles. The highest BCUT2D eigenvalue weighted by Gasteiger charge is 2.32. The number of pyridine rings is 2. The fraction of sp³-hybridized carbons (Fsp3) is 0.456. The Labute approximate surface area is 447 Å². The van der Waals surface area contributed by atoms with Crippen molar-refractivity contribution in [2.24, 2.45) is 0 Å². The van der Waals surface area contributed by atoms with Gasteiger partial charge in [0.05, 0.1) is 35.3 Å². The highest BCUT2D eigenvalue weighted by atomic mass is 35.5. The number of fused-ring (bicyclic) bond motifs is 4. The molecule has 0 atom stereocenters. The standard InChI is InChI=1S/C31H38ClN3O6.C26H30ClN3O4/c1-31(2,3)41-30(37)35(20-21-5-8-25-27(19-21)40-18-17-39-25)22-11-13-33(14-12-22)15-16-34-28(36)10-6-23-24(32)7-9-26(38-4)29(23)34;1-32-23-6-4-21(27)20-3-7-25(31)30(26(20)23)13-12-29-10-8-19(9-11-29)28-17-18-2-5-22-24(16-18)34-15-14-33-22/h5-10,19,22H,11-18,20H2,1-4H3;2-7,16,19,28H,8-15,17H2,1H3. The van der Waals surface area contributed by atoms with Gasteiger partial charge in [0.1, 0.15) is 43.5 Å². The summed E-state index contributed by atoms with van der Waals surface area (Å²) in [7, 11) is 3.21. The Morgan fingerprint density at radius 3 is 1.57 bits per heavy atom. The van der Waals surface area contributed by atoms with Crippen LogP contribution in [-0.4, -0.2) is 128 Å². The van der Waals surface area contributed by atoms with Crippen LogP contribution in [0, 0.1) is 0 Å². The van der Waals surface area contributed by atoms with Crippen LogP contribution in [0.3, 0.4) is 0 Å². The lowest BCUT2D eigenvalue weighted by Crippen LogP contribution is -2.49. The second-order valence-corrected chi connectivity index (χ2v) is 21.1. The van der Waals surface area contributed by atoms with Gasteiger partial charge in [-0.2, -0.15) is 0 Å². The van der Waals surface area contributed by atoms with Crippen molar-refractivity contribution >= 4 is 51.1 Å². The normalized spacial score (nSPS) is 16.3. The van der Waals surface area contributed by atoms with Crippen molar-refractivity contribution in [1.82, 2.24) is 29.2 Å². The number of ether oxygens (including phenoxy) is 7. The fourth-order valence-corrected chi connectivity index (χ4v) is 10.7. The topological polar surface area (TPSA) is 147 Å². The highest BCUT2D eigenvalue weighted by Crippen LogP contribution is 2.35. The van der Waals surface area contributed by atoms with E-state index in [0.717, 1.165) is 104 Å². The second kappa shape index (κ2) is 24.2. The average Bonchev–Trinajstić information content (AvgIpc) is 3.42. The summed E-state index contributed by atoms with van der Waals surface area (Å²) in [4.78, 5) is 45.5. The van der Waals surface area contributed by atoms with E-state index in [1.807, 2.05) is 56.0 Å². The van der Waals surface area contributed by atoms with Gasteiger partial charge in [0.15, 0.2) is 23.0 Å². The molecular weight excluding hydrogens is 1000 g/mol. The van der Waals surface area contributed by atoms with Gasteiger partial charge in [-0.1, -0.05) is 35.3 Å². The van der Waals surface area contributed by atoms with Gasteiger partial charge < -0.3 is 62.3 Å². The Morgan fingerprint density at radius 1 is 0.613 bits per heavy atom. The first-order chi connectivity index (χ1) is 36.2. The van der Waals surface area contributed by atoms with Crippen molar-refractivity contribution < 1.29 is 38.0 Å². The number of hydrogen-bond acceptors (Lipinski definition) is 13. The fourth-order valence-electron chi connectivity index (χ4n) is 10.3. The van der Waals surface area contributed by atoms with Gasteiger partial charge in [-0.15, -0.1) is 0 Å². The van der Waals surface area contributed by atoms with Crippen LogP contribution in [0.1, 0.15) is 57.6 Å². The maximum absolute atomic E-state index is 13.4. The molecule has 75 heavy (non-hydrogen) atoms. The number of halogens is 2. The zero-order valence-electron chi connectivity index (χ0n) is 43.5. The molecule has 4 aliphatic heterocycles. The molecule has 16 nitrogen and oxygen atoms in total. The number of piperidine rings is 2. The predicted octanol–water partition coefficient (Wildman–Crippen LogP) is 9.03. The van der Waals surface area contributed by atoms with Crippen molar-refractivity contribution in [2.45, 2.75) is 90.3 Å². The Bertz CT molecular complexity index is 3090. The number of hydrogen-bond donors (Lipinski definition) is 1. The first-order valence-corrected chi connectivity index (χ1v) is 26.7. The van der Waals surface area contributed by atoms with Crippen molar-refractivity contribution in [2.75, 3.05) is 79.9 Å². The largest absolute Gasteiger partial charge is 0.495 e. The van der Waals surface area contributed by atoms with E-state index in [1.165, 1.54) is 5.56 Å². The summed E-state index contributed by atoms with van der Waals surface area (Å²) in [5, 5.41) is 6.51. The number of rotatable bonds is 14. The molecule has 2 saturated heterocycles. The van der Waals surface area contributed by atoms with Crippen LogP contribution in [0.25, 0.3) is 21.8 Å². The van der Waals surface area contributed by atoms with E-state index in [9.17, 15) is 14.4 Å². The summed E-state index contributed by atoms with van der Waals surface area (Å²) in [5.74, 6) is 4.37. The van der Waals surface area contributed by atoms with Gasteiger partial charge in [-0.25, -0.2) is 4.79 Å². The van der Waals surface area contributed by atoms with Crippen molar-refractivity contribution in [3.8, 4) is 34.5 Å². The lowest BCUT2D eigenvalue weighted by Gasteiger charge is -2.39. The SMILES string of the molecule is COc1ccc(Cl)c2ccc(=O)n(CCN3CCC(N(Cc4ccc5c(c4)OCCO5)C(=O)OC(C)(C)C)CC3)c12.COc1ccc(Cl)c2ccc(=O)n(CCN3CCC(NCc4ccc5c(c4)OCCO5)CC3)c12. The van der Waals surface area contributed by atoms with Gasteiger partial charge in [0.25, 0.3) is 11.1 Å². The smallest absolute Gasteiger partial charge is 0.410 e. The summed E-state index contributed by atoms with van der Waals surface area (Å²) in [5.41, 5.74) is 2.91. The van der Waals surface area contributed by atoms with E-state index < -0.39 is 5.60 Å². The molecule has 6 aromatic rings. The molecule has 18 heteroatoms. The molecule has 400 valence electrons. The number of nitrogens with zero attached hydrogens (tertiary/aromatic N) is 5. The van der Waals surface area contributed by atoms with E-state index in [-0.39, 0.29) is 23.3 Å². The van der Waals surface area contributed by atoms with Crippen molar-refractivity contribution in [3.05, 3.63) is 127 Å². The van der Waals surface area contributed by atoms with Gasteiger partial charge in [-0.3, -0.25) is 9.59 Å². The summed E-state index contributed by atoms with van der Waals surface area (Å²) >= 11 is 12.8. The third kappa shape index (κ3) is 13.1. The maximum Gasteiger partial charge on any atom is 0.410 e. The quantitative estimate of drug-likeness (QED) is 0.111. The Hall–Kier alpha value is -6.17. The van der Waals surface area contributed by atoms with Crippen LogP contribution in [0.2, 0.25) is 10.0 Å². The molecule has 0 unspecified atom stereocenters. The lowest BCUT2D eigenvalue weighted by atomic mass is 10.0. The zero-order chi connectivity index (χ0) is 52.6. The number of nitrogens with one attached hydrogen (secondary N) is 1. The van der Waals surface area contributed by atoms with Crippen molar-refractivity contribution in [3.63, 3.8) is 0 Å². The molecule has 0 radical (unpaired) electrons. The minimum absolute atomic E-state index is 0.0217. The van der Waals surface area contributed by atoms with Gasteiger partial charge >= 0.3 is 6.09 Å². The van der Waals surface area contributed by atoms with Crippen LogP contribution in [0.15, 0.2) is 94.5 Å². The van der Waals surface area contributed by atoms with Crippen molar-refractivity contribution in [1.29, 1.82) is 0 Å². The van der Waals surface area contributed by atoms with Crippen LogP contribution in [-0.2, 0) is 30.9 Å². The first-order valence-electron chi connectivity index (χ1n) is 25.9. The molecule has 0 bridgehead atoms. The molecule has 1 N–H and O–H groups in total. The number of aromatic nitrogens is 2. The summed E-state index contributed by atoms with van der Waals surface area (Å²) in [6.07, 6.45) is 3.42. The maximum atomic E-state index is 13.4. The average molecular weight is 1070 g/mol. The molecular formula is C57H68Cl2N6O10. The number of methoxy groups -OCH3 is 2. The lowest BCUT2D eigenvalue weighted by molar-refractivity contribution is 0.00562. The molecule has 2 aromatic heterocycles. The van der Waals surface area contributed by atoms with Crippen LogP contribution in [0.4, 0.5) is 4.79 Å². The zero-order valence-corrected chi connectivity index (χ0v) is 45.1. The Balaban J connectivity index is 0.000000187. The monoisotopic (exact) mass is 1070 g/mol. The van der Waals surface area contributed by atoms with Gasteiger partial charge in [0, 0.05) is 87.3 Å². The van der Waals surface area contributed by atoms with Gasteiger partial charge in [-0.05, 0) is 131 Å². The molecule has 2 fully saturated rings. The molecule has 1 amide bonds. The third-order valence-corrected chi connectivity index (χ3v) is 14.9. The van der Waals surface area contributed by atoms with Crippen LogP contribution < -0.4 is 44.9 Å². The minimum atomic E-state index is -0.599. The number of benzene rings is 4. The van der Waals surface area contributed by atoms with E-state index in [0.29, 0.717) is 91.5 Å².